The number of nitrogens with zero attached hydrogens (tertiary/aromatic N) is 1. The molecule has 1 N–H and O–H groups in total. The van der Waals surface area contributed by atoms with Crippen LogP contribution in [0.25, 0.3) is 0 Å². The second kappa shape index (κ2) is 6.20. The van der Waals surface area contributed by atoms with Crippen molar-refractivity contribution in [2.75, 3.05) is 13.6 Å². The fraction of sp³-hybridized carbons (Fsp3) is 0.538. The monoisotopic (exact) mass is 336 g/mol. The number of rotatable bonds is 6. The lowest BCUT2D eigenvalue weighted by Gasteiger charge is -2.21. The van der Waals surface area contributed by atoms with Crippen LogP contribution in [0.15, 0.2) is 17.0 Å². The second-order valence-corrected chi connectivity index (χ2v) is 7.52. The van der Waals surface area contributed by atoms with Gasteiger partial charge in [-0.3, -0.25) is 0 Å². The van der Waals surface area contributed by atoms with E-state index in [0.717, 1.165) is 12.8 Å². The van der Waals surface area contributed by atoms with Crippen LogP contribution in [0.1, 0.15) is 25.3 Å². The van der Waals surface area contributed by atoms with Crippen molar-refractivity contribution in [2.45, 2.75) is 37.2 Å². The first kappa shape index (κ1) is 16.0. The molecular formula is C13H18Cl2N2O2S. The van der Waals surface area contributed by atoms with Crippen LogP contribution in [0.5, 0.6) is 0 Å². The van der Waals surface area contributed by atoms with Crippen molar-refractivity contribution in [2.24, 2.45) is 0 Å². The van der Waals surface area contributed by atoms with E-state index in [1.165, 1.54) is 10.4 Å². The molecule has 0 aromatic heterocycles. The first-order valence-corrected chi connectivity index (χ1v) is 8.75. The normalized spacial score (nSPS) is 15.8. The van der Waals surface area contributed by atoms with E-state index in [1.54, 1.807) is 13.1 Å². The average molecular weight is 337 g/mol. The van der Waals surface area contributed by atoms with Crippen LogP contribution < -0.4 is 5.32 Å². The molecular weight excluding hydrogens is 319 g/mol. The van der Waals surface area contributed by atoms with E-state index < -0.39 is 10.0 Å². The minimum absolute atomic E-state index is 0.102. The van der Waals surface area contributed by atoms with Gasteiger partial charge in [0.2, 0.25) is 10.0 Å². The molecule has 0 aliphatic heterocycles. The summed E-state index contributed by atoms with van der Waals surface area (Å²) in [6.07, 6.45) is 1.82. The Labute approximate surface area is 130 Å². The number of hydrogen-bond donors (Lipinski definition) is 1. The fourth-order valence-electron chi connectivity index (χ4n) is 2.24. The van der Waals surface area contributed by atoms with Gasteiger partial charge >= 0.3 is 0 Å². The summed E-state index contributed by atoms with van der Waals surface area (Å²) in [5.74, 6) is 0. The van der Waals surface area contributed by atoms with Gasteiger partial charge in [0.1, 0.15) is 4.90 Å². The molecule has 112 valence electrons. The Hall–Kier alpha value is -0.330. The van der Waals surface area contributed by atoms with E-state index in [1.807, 2.05) is 6.92 Å². The first-order chi connectivity index (χ1) is 9.41. The summed E-state index contributed by atoms with van der Waals surface area (Å²) < 4.78 is 27.0. The first-order valence-electron chi connectivity index (χ1n) is 6.56. The molecule has 0 bridgehead atoms. The van der Waals surface area contributed by atoms with E-state index in [0.29, 0.717) is 23.7 Å². The van der Waals surface area contributed by atoms with Crippen molar-refractivity contribution >= 4 is 33.2 Å². The van der Waals surface area contributed by atoms with Gasteiger partial charge < -0.3 is 5.32 Å². The van der Waals surface area contributed by atoms with Crippen LogP contribution in [0.3, 0.4) is 0 Å². The Balaban J connectivity index is 2.50. The lowest BCUT2D eigenvalue weighted by Crippen LogP contribution is -2.33. The van der Waals surface area contributed by atoms with Gasteiger partial charge in [-0.2, -0.15) is 4.31 Å². The van der Waals surface area contributed by atoms with Crippen molar-refractivity contribution in [1.82, 2.24) is 9.62 Å². The van der Waals surface area contributed by atoms with Crippen LogP contribution in [0, 0.1) is 0 Å². The van der Waals surface area contributed by atoms with Gasteiger partial charge in [-0.25, -0.2) is 8.42 Å². The molecule has 7 heteroatoms. The summed E-state index contributed by atoms with van der Waals surface area (Å²) in [7, 11) is -1.82. The minimum Gasteiger partial charge on any atom is -0.316 e. The molecule has 1 aromatic rings. The van der Waals surface area contributed by atoms with Crippen LogP contribution in [0.4, 0.5) is 0 Å². The molecule has 1 aliphatic rings. The van der Waals surface area contributed by atoms with Crippen molar-refractivity contribution in [3.05, 3.63) is 27.7 Å². The zero-order valence-corrected chi connectivity index (χ0v) is 13.8. The van der Waals surface area contributed by atoms with Crippen molar-refractivity contribution in [3.63, 3.8) is 0 Å². The van der Waals surface area contributed by atoms with Crippen LogP contribution in [-0.2, 0) is 16.6 Å². The molecule has 0 saturated heterocycles. The third kappa shape index (κ3) is 3.12. The van der Waals surface area contributed by atoms with E-state index in [-0.39, 0.29) is 16.0 Å². The second-order valence-electron chi connectivity index (χ2n) is 4.85. The average Bonchev–Trinajstić information content (AvgIpc) is 3.18. The van der Waals surface area contributed by atoms with E-state index in [4.69, 9.17) is 23.2 Å². The van der Waals surface area contributed by atoms with Crippen molar-refractivity contribution in [1.29, 1.82) is 0 Å². The van der Waals surface area contributed by atoms with Gasteiger partial charge in [-0.05, 0) is 37.6 Å². The van der Waals surface area contributed by atoms with Crippen LogP contribution in [0.2, 0.25) is 10.0 Å². The van der Waals surface area contributed by atoms with Crippen LogP contribution in [-0.4, -0.2) is 32.4 Å². The highest BCUT2D eigenvalue weighted by molar-refractivity contribution is 7.89. The van der Waals surface area contributed by atoms with Gasteiger partial charge in [0.25, 0.3) is 0 Å². The molecule has 0 radical (unpaired) electrons. The lowest BCUT2D eigenvalue weighted by atomic mass is 10.2. The molecule has 0 spiro atoms. The summed E-state index contributed by atoms with van der Waals surface area (Å²) in [5, 5.41) is 3.59. The number of benzene rings is 1. The zero-order chi connectivity index (χ0) is 14.9. The van der Waals surface area contributed by atoms with Crippen LogP contribution >= 0.6 is 23.2 Å². The fourth-order valence-corrected chi connectivity index (χ4v) is 4.84. The summed E-state index contributed by atoms with van der Waals surface area (Å²) in [4.78, 5) is 0.102. The van der Waals surface area contributed by atoms with E-state index in [2.05, 4.69) is 5.32 Å². The summed E-state index contributed by atoms with van der Waals surface area (Å²) >= 11 is 12.3. The van der Waals surface area contributed by atoms with E-state index in [9.17, 15) is 8.42 Å². The highest BCUT2D eigenvalue weighted by Gasteiger charge is 2.38. The van der Waals surface area contributed by atoms with Gasteiger partial charge in [0, 0.05) is 24.2 Å². The molecule has 1 aliphatic carbocycles. The number of halogens is 2. The molecule has 1 aromatic carbocycles. The smallest absolute Gasteiger partial charge is 0.244 e. The zero-order valence-electron chi connectivity index (χ0n) is 11.5. The highest BCUT2D eigenvalue weighted by Crippen LogP contribution is 2.36. The maximum Gasteiger partial charge on any atom is 0.244 e. The Morgan fingerprint density at radius 2 is 2.00 bits per heavy atom. The predicted molar refractivity (Wildman–Crippen MR) is 81.8 cm³/mol. The third-order valence-electron chi connectivity index (χ3n) is 3.30. The minimum atomic E-state index is -3.59. The lowest BCUT2D eigenvalue weighted by molar-refractivity contribution is 0.421. The third-order valence-corrected chi connectivity index (χ3v) is 6.13. The molecule has 1 fully saturated rings. The molecule has 0 atom stereocenters. The Morgan fingerprint density at radius 1 is 1.35 bits per heavy atom. The Kier molecular flexibility index (Phi) is 4.97. The Morgan fingerprint density at radius 3 is 2.50 bits per heavy atom. The number of nitrogens with one attached hydrogen (secondary N) is 1. The topological polar surface area (TPSA) is 49.4 Å². The molecule has 1 saturated carbocycles. The highest BCUT2D eigenvalue weighted by atomic mass is 35.5. The van der Waals surface area contributed by atoms with E-state index >= 15 is 0 Å². The maximum atomic E-state index is 12.7. The van der Waals surface area contributed by atoms with Gasteiger partial charge in [0.05, 0.1) is 5.02 Å². The molecule has 4 nitrogen and oxygen atoms in total. The van der Waals surface area contributed by atoms with Gasteiger partial charge in [-0.1, -0.05) is 30.1 Å². The molecule has 0 amide bonds. The maximum absolute atomic E-state index is 12.7. The number of sulfonamides is 1. The predicted octanol–water partition coefficient (Wildman–Crippen LogP) is 2.89. The molecule has 0 heterocycles. The van der Waals surface area contributed by atoms with Crippen molar-refractivity contribution < 1.29 is 8.42 Å². The largest absolute Gasteiger partial charge is 0.316 e. The summed E-state index contributed by atoms with van der Waals surface area (Å²) in [6.45, 7) is 2.75. The molecule has 20 heavy (non-hydrogen) atoms. The SMILES string of the molecule is CCN(C1CC1)S(=O)(=O)c1cc(Cl)cc(CNC)c1Cl. The summed E-state index contributed by atoms with van der Waals surface area (Å²) in [5.41, 5.74) is 0.687. The molecule has 0 unspecified atom stereocenters. The Bertz CT molecular complexity index is 601. The standard InChI is InChI=1S/C13H18Cl2N2O2S/c1-3-17(11-4-5-11)20(18,19)12-7-10(14)6-9(8-16-2)13(12)15/h6-7,11,16H,3-5,8H2,1-2H3. The van der Waals surface area contributed by atoms with Gasteiger partial charge in [-0.15, -0.1) is 0 Å². The summed E-state index contributed by atoms with van der Waals surface area (Å²) in [6, 6.07) is 3.23. The van der Waals surface area contributed by atoms with Crippen molar-refractivity contribution in [3.8, 4) is 0 Å². The van der Waals surface area contributed by atoms with Gasteiger partial charge in [0.15, 0.2) is 0 Å². The number of hydrogen-bond acceptors (Lipinski definition) is 3. The quantitative estimate of drug-likeness (QED) is 0.868. The molecule has 2 rings (SSSR count).